The number of hydrogen-bond donors (Lipinski definition) is 2. The molecule has 1 amide bonds. The summed E-state index contributed by atoms with van der Waals surface area (Å²) < 4.78 is 0. The Morgan fingerprint density at radius 1 is 1.41 bits per heavy atom. The molecule has 1 unspecified atom stereocenters. The van der Waals surface area contributed by atoms with Crippen molar-refractivity contribution in [1.82, 2.24) is 0 Å². The highest BCUT2D eigenvalue weighted by Crippen LogP contribution is 2.40. The molecule has 0 heterocycles. The number of primary amides is 1. The highest BCUT2D eigenvalue weighted by Gasteiger charge is 2.46. The van der Waals surface area contributed by atoms with E-state index >= 15 is 0 Å². The van der Waals surface area contributed by atoms with Gasteiger partial charge in [-0.15, -0.1) is 11.8 Å². The van der Waals surface area contributed by atoms with Crippen molar-refractivity contribution in [2.45, 2.75) is 30.2 Å². The molecule has 3 nitrogen and oxygen atoms in total. The van der Waals surface area contributed by atoms with Crippen LogP contribution in [-0.4, -0.2) is 17.2 Å². The molecule has 0 saturated heterocycles. The van der Waals surface area contributed by atoms with E-state index in [2.05, 4.69) is 19.1 Å². The van der Waals surface area contributed by atoms with Crippen LogP contribution in [0.15, 0.2) is 29.2 Å². The fourth-order valence-corrected chi connectivity index (χ4v) is 2.94. The predicted octanol–water partition coefficient (Wildman–Crippen LogP) is 1.68. The zero-order valence-corrected chi connectivity index (χ0v) is 10.8. The summed E-state index contributed by atoms with van der Waals surface area (Å²) in [7, 11) is 0. The number of nitrogens with two attached hydrogens (primary N) is 2. The molecule has 0 bridgehead atoms. The molecular weight excluding hydrogens is 232 g/mol. The van der Waals surface area contributed by atoms with Crippen LogP contribution >= 0.6 is 11.8 Å². The first-order valence-corrected chi connectivity index (χ1v) is 6.79. The van der Waals surface area contributed by atoms with Gasteiger partial charge in [-0.05, 0) is 37.8 Å². The highest BCUT2D eigenvalue weighted by atomic mass is 32.2. The number of hydrogen-bond acceptors (Lipinski definition) is 3. The van der Waals surface area contributed by atoms with Crippen LogP contribution in [0.25, 0.3) is 0 Å². The molecule has 1 atom stereocenters. The van der Waals surface area contributed by atoms with Crippen LogP contribution in [0.4, 0.5) is 0 Å². The van der Waals surface area contributed by atoms with Gasteiger partial charge < -0.3 is 11.5 Å². The third kappa shape index (κ3) is 2.82. The summed E-state index contributed by atoms with van der Waals surface area (Å²) in [5.74, 6) is 0.466. The van der Waals surface area contributed by atoms with E-state index in [1.165, 1.54) is 5.56 Å². The van der Waals surface area contributed by atoms with Crippen molar-refractivity contribution in [2.24, 2.45) is 17.4 Å². The predicted molar refractivity (Wildman–Crippen MR) is 70.7 cm³/mol. The maximum absolute atomic E-state index is 11.5. The molecular formula is C13H18N2OS. The van der Waals surface area contributed by atoms with Crippen molar-refractivity contribution in [3.8, 4) is 0 Å². The summed E-state index contributed by atoms with van der Waals surface area (Å²) >= 11 is 1.61. The summed E-state index contributed by atoms with van der Waals surface area (Å²) in [5, 5.41) is 0. The van der Waals surface area contributed by atoms with Gasteiger partial charge in [0.15, 0.2) is 0 Å². The second-order valence-corrected chi connectivity index (χ2v) is 5.83. The number of carbonyl (C=O) groups excluding carboxylic acids is 1. The van der Waals surface area contributed by atoms with E-state index in [1.54, 1.807) is 11.8 Å². The van der Waals surface area contributed by atoms with E-state index in [4.69, 9.17) is 11.5 Å². The molecule has 1 aromatic rings. The molecule has 17 heavy (non-hydrogen) atoms. The van der Waals surface area contributed by atoms with Gasteiger partial charge in [0.25, 0.3) is 0 Å². The molecule has 92 valence electrons. The van der Waals surface area contributed by atoms with E-state index in [0.29, 0.717) is 5.75 Å². The molecule has 0 aliphatic heterocycles. The third-order valence-corrected chi connectivity index (χ3v) is 4.49. The van der Waals surface area contributed by atoms with Crippen molar-refractivity contribution < 1.29 is 4.79 Å². The largest absolute Gasteiger partial charge is 0.368 e. The Labute approximate surface area is 106 Å². The average Bonchev–Trinajstić information content (AvgIpc) is 3.11. The van der Waals surface area contributed by atoms with Crippen molar-refractivity contribution in [3.63, 3.8) is 0 Å². The first-order chi connectivity index (χ1) is 8.02. The Morgan fingerprint density at radius 3 is 2.47 bits per heavy atom. The number of amides is 1. The summed E-state index contributed by atoms with van der Waals surface area (Å²) in [4.78, 5) is 12.6. The molecule has 1 aromatic carbocycles. The van der Waals surface area contributed by atoms with E-state index in [-0.39, 0.29) is 11.8 Å². The van der Waals surface area contributed by atoms with E-state index in [1.807, 2.05) is 12.1 Å². The lowest BCUT2D eigenvalue weighted by atomic mass is 9.96. The standard InChI is InChI=1S/C13H18N2OS/c1-9-2-6-11(7-3-9)17-8-13(15,12(14)16)10-4-5-10/h2-3,6-7,10H,4-5,8,15H2,1H3,(H2,14,16). The van der Waals surface area contributed by atoms with Gasteiger partial charge in [-0.3, -0.25) is 4.79 Å². The Balaban J connectivity index is 2.00. The first kappa shape index (κ1) is 12.5. The van der Waals surface area contributed by atoms with Gasteiger partial charge in [0.05, 0.1) is 0 Å². The second-order valence-electron chi connectivity index (χ2n) is 4.78. The number of thioether (sulfide) groups is 1. The second kappa shape index (κ2) is 4.70. The molecule has 1 aliphatic rings. The lowest BCUT2D eigenvalue weighted by molar-refractivity contribution is -0.123. The zero-order valence-electron chi connectivity index (χ0n) is 9.98. The van der Waals surface area contributed by atoms with Gasteiger partial charge >= 0.3 is 0 Å². The van der Waals surface area contributed by atoms with Gasteiger partial charge in [-0.2, -0.15) is 0 Å². The van der Waals surface area contributed by atoms with Crippen LogP contribution in [0.2, 0.25) is 0 Å². The molecule has 0 aromatic heterocycles. The lowest BCUT2D eigenvalue weighted by Gasteiger charge is -2.25. The summed E-state index contributed by atoms with van der Waals surface area (Å²) in [5.41, 5.74) is 11.9. The summed E-state index contributed by atoms with van der Waals surface area (Å²) in [6, 6.07) is 8.21. The quantitative estimate of drug-likeness (QED) is 0.781. The number of rotatable bonds is 5. The summed E-state index contributed by atoms with van der Waals surface area (Å²) in [6.45, 7) is 2.05. The van der Waals surface area contributed by atoms with Crippen LogP contribution < -0.4 is 11.5 Å². The molecule has 0 spiro atoms. The van der Waals surface area contributed by atoms with Crippen LogP contribution in [0, 0.1) is 12.8 Å². The van der Waals surface area contributed by atoms with Crippen molar-refractivity contribution in [3.05, 3.63) is 29.8 Å². The van der Waals surface area contributed by atoms with Crippen LogP contribution in [0.1, 0.15) is 18.4 Å². The number of carbonyl (C=O) groups is 1. The maximum atomic E-state index is 11.5. The average molecular weight is 250 g/mol. The van der Waals surface area contributed by atoms with Gasteiger partial charge in [0.1, 0.15) is 5.54 Å². The van der Waals surface area contributed by atoms with E-state index < -0.39 is 5.54 Å². The highest BCUT2D eigenvalue weighted by molar-refractivity contribution is 7.99. The smallest absolute Gasteiger partial charge is 0.238 e. The van der Waals surface area contributed by atoms with Crippen molar-refractivity contribution >= 4 is 17.7 Å². The topological polar surface area (TPSA) is 69.1 Å². The van der Waals surface area contributed by atoms with Crippen molar-refractivity contribution in [2.75, 3.05) is 5.75 Å². The minimum absolute atomic E-state index is 0.276. The fraction of sp³-hybridized carbons (Fsp3) is 0.462. The van der Waals surface area contributed by atoms with Gasteiger partial charge in [-0.25, -0.2) is 0 Å². The summed E-state index contributed by atoms with van der Waals surface area (Å²) in [6.07, 6.45) is 2.04. The van der Waals surface area contributed by atoms with E-state index in [0.717, 1.165) is 17.7 Å². The molecule has 4 heteroatoms. The van der Waals surface area contributed by atoms with Crippen LogP contribution in [0.3, 0.4) is 0 Å². The van der Waals surface area contributed by atoms with Crippen LogP contribution in [-0.2, 0) is 4.79 Å². The zero-order chi connectivity index (χ0) is 12.5. The normalized spacial score (nSPS) is 18.7. The van der Waals surface area contributed by atoms with Gasteiger partial charge in [0.2, 0.25) is 5.91 Å². The lowest BCUT2D eigenvalue weighted by Crippen LogP contribution is -2.56. The molecule has 1 aliphatic carbocycles. The maximum Gasteiger partial charge on any atom is 0.238 e. The van der Waals surface area contributed by atoms with Crippen LogP contribution in [0.5, 0.6) is 0 Å². The fourth-order valence-electron chi connectivity index (χ4n) is 1.83. The molecule has 1 saturated carbocycles. The molecule has 2 rings (SSSR count). The minimum Gasteiger partial charge on any atom is -0.368 e. The molecule has 4 N–H and O–H groups in total. The monoisotopic (exact) mass is 250 g/mol. The number of benzene rings is 1. The van der Waals surface area contributed by atoms with Crippen molar-refractivity contribution in [1.29, 1.82) is 0 Å². The first-order valence-electron chi connectivity index (χ1n) is 5.80. The Kier molecular flexibility index (Phi) is 3.45. The Morgan fingerprint density at radius 2 is 2.00 bits per heavy atom. The third-order valence-electron chi connectivity index (χ3n) is 3.26. The minimum atomic E-state index is -0.838. The van der Waals surface area contributed by atoms with Gasteiger partial charge in [-0.1, -0.05) is 17.7 Å². The Bertz CT molecular complexity index is 414. The SMILES string of the molecule is Cc1ccc(SCC(N)(C(N)=O)C2CC2)cc1. The Hall–Kier alpha value is -1.00. The molecule has 1 fully saturated rings. The van der Waals surface area contributed by atoms with Gasteiger partial charge in [0, 0.05) is 10.6 Å². The number of aryl methyl sites for hydroxylation is 1. The van der Waals surface area contributed by atoms with E-state index in [9.17, 15) is 4.79 Å². The molecule has 0 radical (unpaired) electrons.